The normalized spacial score (nSPS) is 10.3. The maximum atomic E-state index is 12.2. The van der Waals surface area contributed by atoms with Crippen LogP contribution in [0.4, 0.5) is 0 Å². The van der Waals surface area contributed by atoms with E-state index in [0.29, 0.717) is 29.7 Å². The van der Waals surface area contributed by atoms with Crippen molar-refractivity contribution in [1.82, 2.24) is 0 Å². The van der Waals surface area contributed by atoms with Gasteiger partial charge in [0.1, 0.15) is 0 Å². The molecule has 0 bridgehead atoms. The molecule has 26 heavy (non-hydrogen) atoms. The molecule has 0 aliphatic carbocycles. The molecular weight excluding hydrogens is 379 g/mol. The number of benzene rings is 2. The Bertz CT molecular complexity index is 805. The number of carbonyl (C=O) groups is 2. The second-order valence-electron chi connectivity index (χ2n) is 5.15. The molecule has 2 aromatic carbocycles. The monoisotopic (exact) mass is 396 g/mol. The molecule has 0 heterocycles. The first kappa shape index (κ1) is 20.1. The fourth-order valence-corrected chi connectivity index (χ4v) is 2.70. The number of rotatable bonds is 8. The molecule has 5 nitrogen and oxygen atoms in total. The summed E-state index contributed by atoms with van der Waals surface area (Å²) in [4.78, 5) is 24.4. The van der Waals surface area contributed by atoms with Gasteiger partial charge < -0.3 is 14.2 Å². The van der Waals surface area contributed by atoms with Gasteiger partial charge >= 0.3 is 5.97 Å². The molecule has 0 spiro atoms. The molecule has 0 atom stereocenters. The minimum atomic E-state index is -0.646. The third-order valence-corrected chi connectivity index (χ3v) is 3.89. The molecule has 7 heteroatoms. The van der Waals surface area contributed by atoms with E-state index in [1.54, 1.807) is 18.2 Å². The highest BCUT2D eigenvalue weighted by Crippen LogP contribution is 2.29. The van der Waals surface area contributed by atoms with Gasteiger partial charge in [0.05, 0.1) is 23.8 Å². The van der Waals surface area contributed by atoms with Crippen LogP contribution in [0.2, 0.25) is 10.0 Å². The molecule has 2 aromatic rings. The highest BCUT2D eigenvalue weighted by molar-refractivity contribution is 6.36. The number of ether oxygens (including phenoxy) is 3. The van der Waals surface area contributed by atoms with Crippen LogP contribution >= 0.6 is 23.2 Å². The van der Waals surface area contributed by atoms with Crippen molar-refractivity contribution in [3.05, 3.63) is 57.6 Å². The maximum absolute atomic E-state index is 12.2. The zero-order valence-corrected chi connectivity index (χ0v) is 15.9. The average molecular weight is 397 g/mol. The second-order valence-corrected chi connectivity index (χ2v) is 5.99. The number of carbonyl (C=O) groups excluding carboxylic acids is 2. The fourth-order valence-electron chi connectivity index (χ4n) is 2.19. The molecule has 0 aliphatic heterocycles. The SMILES string of the molecule is CCOc1ccc(C(=O)OCC(=O)c2ccc(Cl)cc2Cl)cc1OCC. The van der Waals surface area contributed by atoms with E-state index in [4.69, 9.17) is 37.4 Å². The van der Waals surface area contributed by atoms with E-state index >= 15 is 0 Å². The largest absolute Gasteiger partial charge is 0.490 e. The topological polar surface area (TPSA) is 61.8 Å². The standard InChI is InChI=1S/C19H18Cl2O5/c1-3-24-17-8-5-12(9-18(17)25-4-2)19(23)26-11-16(22)14-7-6-13(20)10-15(14)21/h5-10H,3-4,11H2,1-2H3. The van der Waals surface area contributed by atoms with Gasteiger partial charge in [-0.05, 0) is 50.2 Å². The molecule has 0 N–H and O–H groups in total. The molecule has 0 saturated heterocycles. The summed E-state index contributed by atoms with van der Waals surface area (Å²) in [6, 6.07) is 9.20. The van der Waals surface area contributed by atoms with Gasteiger partial charge in [-0.3, -0.25) is 4.79 Å². The van der Waals surface area contributed by atoms with E-state index in [-0.39, 0.29) is 16.1 Å². The molecule has 0 unspecified atom stereocenters. The Hall–Kier alpha value is -2.24. The van der Waals surface area contributed by atoms with E-state index in [2.05, 4.69) is 0 Å². The number of hydrogen-bond donors (Lipinski definition) is 0. The summed E-state index contributed by atoms with van der Waals surface area (Å²) in [7, 11) is 0. The number of halogens is 2. The molecule has 138 valence electrons. The van der Waals surface area contributed by atoms with E-state index in [0.717, 1.165) is 0 Å². The van der Waals surface area contributed by atoms with Crippen LogP contribution < -0.4 is 9.47 Å². The molecular formula is C19H18Cl2O5. The third kappa shape index (κ3) is 5.13. The van der Waals surface area contributed by atoms with Gasteiger partial charge in [0.15, 0.2) is 18.1 Å². The van der Waals surface area contributed by atoms with Crippen molar-refractivity contribution in [3.8, 4) is 11.5 Å². The van der Waals surface area contributed by atoms with Crippen LogP contribution in [-0.2, 0) is 4.74 Å². The van der Waals surface area contributed by atoms with Crippen LogP contribution in [0.1, 0.15) is 34.6 Å². The summed E-state index contributed by atoms with van der Waals surface area (Å²) in [5.41, 5.74) is 0.498. The van der Waals surface area contributed by atoms with Gasteiger partial charge in [-0.1, -0.05) is 23.2 Å². The first-order chi connectivity index (χ1) is 12.5. The lowest BCUT2D eigenvalue weighted by Gasteiger charge is -2.12. The van der Waals surface area contributed by atoms with Gasteiger partial charge in [0, 0.05) is 10.6 Å². The molecule has 0 aromatic heterocycles. The van der Waals surface area contributed by atoms with Crippen molar-refractivity contribution in [2.45, 2.75) is 13.8 Å². The Kier molecular flexibility index (Phi) is 7.30. The molecule has 0 radical (unpaired) electrons. The van der Waals surface area contributed by atoms with Crippen molar-refractivity contribution in [2.75, 3.05) is 19.8 Å². The van der Waals surface area contributed by atoms with Crippen molar-refractivity contribution in [1.29, 1.82) is 0 Å². The Labute approximate surface area is 161 Å². The van der Waals surface area contributed by atoms with Crippen LogP contribution in [0.25, 0.3) is 0 Å². The summed E-state index contributed by atoms with van der Waals surface area (Å²) in [5, 5.41) is 0.625. The zero-order valence-electron chi connectivity index (χ0n) is 14.4. The highest BCUT2D eigenvalue weighted by Gasteiger charge is 2.16. The summed E-state index contributed by atoms with van der Waals surface area (Å²) in [6.45, 7) is 4.14. The van der Waals surface area contributed by atoms with Crippen molar-refractivity contribution >= 4 is 35.0 Å². The first-order valence-electron chi connectivity index (χ1n) is 8.01. The van der Waals surface area contributed by atoms with E-state index in [1.165, 1.54) is 18.2 Å². The van der Waals surface area contributed by atoms with Gasteiger partial charge in [-0.25, -0.2) is 4.79 Å². The Morgan fingerprint density at radius 2 is 1.62 bits per heavy atom. The minimum Gasteiger partial charge on any atom is -0.490 e. The van der Waals surface area contributed by atoms with E-state index in [9.17, 15) is 9.59 Å². The summed E-state index contributed by atoms with van der Waals surface area (Å²) in [6.07, 6.45) is 0. The lowest BCUT2D eigenvalue weighted by atomic mass is 10.1. The Balaban J connectivity index is 2.07. The summed E-state index contributed by atoms with van der Waals surface area (Å²) in [5.74, 6) is -0.0887. The smallest absolute Gasteiger partial charge is 0.338 e. The Morgan fingerprint density at radius 1 is 0.923 bits per heavy atom. The van der Waals surface area contributed by atoms with E-state index in [1.807, 2.05) is 13.8 Å². The van der Waals surface area contributed by atoms with Crippen LogP contribution in [-0.4, -0.2) is 31.6 Å². The van der Waals surface area contributed by atoms with Crippen LogP contribution in [0.3, 0.4) is 0 Å². The lowest BCUT2D eigenvalue weighted by Crippen LogP contribution is -2.15. The quantitative estimate of drug-likeness (QED) is 0.472. The van der Waals surface area contributed by atoms with Crippen molar-refractivity contribution in [2.24, 2.45) is 0 Å². The van der Waals surface area contributed by atoms with Crippen LogP contribution in [0, 0.1) is 0 Å². The van der Waals surface area contributed by atoms with Gasteiger partial charge in [0.25, 0.3) is 0 Å². The molecule has 0 fully saturated rings. The minimum absolute atomic E-state index is 0.207. The predicted molar refractivity (Wildman–Crippen MR) is 99.9 cm³/mol. The van der Waals surface area contributed by atoms with Crippen LogP contribution in [0.15, 0.2) is 36.4 Å². The molecule has 0 aliphatic rings. The second kappa shape index (κ2) is 9.46. The fraction of sp³-hybridized carbons (Fsp3) is 0.263. The first-order valence-corrected chi connectivity index (χ1v) is 8.76. The summed E-state index contributed by atoms with van der Waals surface area (Å²) >= 11 is 11.8. The number of esters is 1. The third-order valence-electron chi connectivity index (χ3n) is 3.34. The number of ketones is 1. The maximum Gasteiger partial charge on any atom is 0.338 e. The van der Waals surface area contributed by atoms with Gasteiger partial charge in [-0.15, -0.1) is 0 Å². The predicted octanol–water partition coefficient (Wildman–Crippen LogP) is 4.83. The molecule has 2 rings (SSSR count). The lowest BCUT2D eigenvalue weighted by molar-refractivity contribution is 0.0474. The highest BCUT2D eigenvalue weighted by atomic mass is 35.5. The molecule has 0 amide bonds. The van der Waals surface area contributed by atoms with Crippen molar-refractivity contribution < 1.29 is 23.8 Å². The summed E-state index contributed by atoms with van der Waals surface area (Å²) < 4.78 is 16.0. The Morgan fingerprint density at radius 3 is 2.27 bits per heavy atom. The average Bonchev–Trinajstić information content (AvgIpc) is 2.61. The van der Waals surface area contributed by atoms with Gasteiger partial charge in [-0.2, -0.15) is 0 Å². The van der Waals surface area contributed by atoms with E-state index < -0.39 is 18.4 Å². The zero-order chi connectivity index (χ0) is 19.1. The number of Topliss-reactive ketones (excluding diaryl/α,β-unsaturated/α-hetero) is 1. The number of hydrogen-bond acceptors (Lipinski definition) is 5. The molecule has 0 saturated carbocycles. The van der Waals surface area contributed by atoms with Gasteiger partial charge in [0.2, 0.25) is 5.78 Å². The van der Waals surface area contributed by atoms with Crippen LogP contribution in [0.5, 0.6) is 11.5 Å². The van der Waals surface area contributed by atoms with Crippen molar-refractivity contribution in [3.63, 3.8) is 0 Å².